The van der Waals surface area contributed by atoms with Crippen LogP contribution in [0, 0.1) is 11.8 Å². The fraction of sp³-hybridized carbons (Fsp3) is 0.480. The molecule has 0 aliphatic carbocycles. The summed E-state index contributed by atoms with van der Waals surface area (Å²) in [6.07, 6.45) is 3.17. The molecule has 31 heavy (non-hydrogen) atoms. The number of nitrogens with zero attached hydrogens (tertiary/aromatic N) is 1. The molecule has 0 aromatic heterocycles. The van der Waals surface area contributed by atoms with E-state index in [2.05, 4.69) is 15.9 Å². The molecule has 2 unspecified atom stereocenters. The Labute approximate surface area is 193 Å². The van der Waals surface area contributed by atoms with Gasteiger partial charge in [-0.1, -0.05) is 58.4 Å². The number of carbonyl (C=O) groups is 1. The van der Waals surface area contributed by atoms with E-state index in [-0.39, 0.29) is 31.6 Å². The first kappa shape index (κ1) is 23.9. The first-order valence-corrected chi connectivity index (χ1v) is 11.8. The number of amides is 1. The fourth-order valence-corrected chi connectivity index (χ4v) is 4.54. The van der Waals surface area contributed by atoms with Crippen molar-refractivity contribution in [2.75, 3.05) is 32.9 Å². The van der Waals surface area contributed by atoms with Gasteiger partial charge in [-0.2, -0.15) is 0 Å². The van der Waals surface area contributed by atoms with Gasteiger partial charge < -0.3 is 19.8 Å². The lowest BCUT2D eigenvalue weighted by Crippen LogP contribution is -2.44. The molecular weight excluding hydrogens is 458 g/mol. The molecule has 2 N–H and O–H groups in total. The van der Waals surface area contributed by atoms with E-state index in [0.29, 0.717) is 6.61 Å². The average molecular weight is 490 g/mol. The molecule has 5 nitrogen and oxygen atoms in total. The highest BCUT2D eigenvalue weighted by Crippen LogP contribution is 2.34. The van der Waals surface area contributed by atoms with Gasteiger partial charge in [-0.05, 0) is 42.5 Å². The average Bonchev–Trinajstić information content (AvgIpc) is 2.82. The third kappa shape index (κ3) is 6.62. The van der Waals surface area contributed by atoms with E-state index < -0.39 is 11.8 Å². The summed E-state index contributed by atoms with van der Waals surface area (Å²) in [5.74, 6) is -1.21. The summed E-state index contributed by atoms with van der Waals surface area (Å²) < 4.78 is 6.97. The molecule has 2 aromatic carbocycles. The molecule has 2 aromatic rings. The van der Waals surface area contributed by atoms with E-state index in [4.69, 9.17) is 4.74 Å². The van der Waals surface area contributed by atoms with E-state index in [0.717, 1.165) is 48.0 Å². The smallest absolute Gasteiger partial charge is 0.230 e. The highest BCUT2D eigenvalue weighted by Gasteiger charge is 2.38. The Balaban J connectivity index is 1.86. The Hall–Kier alpha value is -1.73. The fourth-order valence-electron chi connectivity index (χ4n) is 4.27. The molecule has 1 fully saturated rings. The van der Waals surface area contributed by atoms with Gasteiger partial charge in [0, 0.05) is 42.6 Å². The number of aliphatic hydroxyl groups excluding tert-OH is 2. The summed E-state index contributed by atoms with van der Waals surface area (Å²) in [6, 6.07) is 17.6. The van der Waals surface area contributed by atoms with Crippen molar-refractivity contribution in [2.24, 2.45) is 11.8 Å². The molecule has 6 heteroatoms. The van der Waals surface area contributed by atoms with E-state index in [1.807, 2.05) is 59.5 Å². The number of aliphatic hydroxyl groups is 2. The number of halogens is 1. The van der Waals surface area contributed by atoms with Crippen LogP contribution in [0.2, 0.25) is 0 Å². The van der Waals surface area contributed by atoms with Gasteiger partial charge >= 0.3 is 0 Å². The van der Waals surface area contributed by atoms with Gasteiger partial charge in [0.1, 0.15) is 0 Å². The van der Waals surface area contributed by atoms with Crippen molar-refractivity contribution < 1.29 is 19.7 Å². The lowest BCUT2D eigenvalue weighted by atomic mass is 9.77. The maximum atomic E-state index is 13.7. The van der Waals surface area contributed by atoms with Crippen molar-refractivity contribution in [3.05, 3.63) is 70.2 Å². The maximum Gasteiger partial charge on any atom is 0.230 e. The minimum atomic E-state index is -0.480. The molecule has 168 valence electrons. The SMILES string of the molecule is O=C(C(c1ccc(Br)cc1)C(COCc1ccccc1)C(CO)CO)N1CCCCC1. The molecular formula is C25H32BrNO4. The molecule has 1 saturated heterocycles. The number of rotatable bonds is 10. The highest BCUT2D eigenvalue weighted by atomic mass is 79.9. The molecule has 2 atom stereocenters. The van der Waals surface area contributed by atoms with Gasteiger partial charge in [-0.25, -0.2) is 0 Å². The van der Waals surface area contributed by atoms with Gasteiger partial charge in [0.15, 0.2) is 0 Å². The summed E-state index contributed by atoms with van der Waals surface area (Å²) >= 11 is 3.47. The van der Waals surface area contributed by atoms with Crippen LogP contribution >= 0.6 is 15.9 Å². The molecule has 0 radical (unpaired) electrons. The second-order valence-electron chi connectivity index (χ2n) is 8.20. The van der Waals surface area contributed by atoms with Crippen LogP contribution in [-0.4, -0.2) is 53.9 Å². The van der Waals surface area contributed by atoms with Crippen molar-refractivity contribution in [1.82, 2.24) is 4.90 Å². The van der Waals surface area contributed by atoms with Crippen molar-refractivity contribution in [1.29, 1.82) is 0 Å². The Morgan fingerprint density at radius 1 is 0.968 bits per heavy atom. The van der Waals surface area contributed by atoms with E-state index in [1.54, 1.807) is 0 Å². The Morgan fingerprint density at radius 2 is 1.61 bits per heavy atom. The Kier molecular flexibility index (Phi) is 9.53. The minimum Gasteiger partial charge on any atom is -0.396 e. The minimum absolute atomic E-state index is 0.0576. The van der Waals surface area contributed by atoms with Crippen LogP contribution in [0.25, 0.3) is 0 Å². The van der Waals surface area contributed by atoms with Crippen molar-refractivity contribution in [3.63, 3.8) is 0 Å². The van der Waals surface area contributed by atoms with Gasteiger partial charge in [0.05, 0.1) is 19.1 Å². The summed E-state index contributed by atoms with van der Waals surface area (Å²) in [5, 5.41) is 20.0. The zero-order valence-electron chi connectivity index (χ0n) is 17.8. The normalized spacial score (nSPS) is 16.3. The van der Waals surface area contributed by atoms with E-state index in [1.165, 1.54) is 0 Å². The monoisotopic (exact) mass is 489 g/mol. The first-order chi connectivity index (χ1) is 15.1. The standard InChI is InChI=1S/C25H32BrNO4/c26-22-11-9-20(10-12-22)24(25(30)27-13-5-2-6-14-27)23(21(15-28)16-29)18-31-17-19-7-3-1-4-8-19/h1,3-4,7-12,21,23-24,28-29H,2,5-6,13-18H2. The highest BCUT2D eigenvalue weighted by molar-refractivity contribution is 9.10. The second kappa shape index (κ2) is 12.3. The first-order valence-electron chi connectivity index (χ1n) is 11.0. The van der Waals surface area contributed by atoms with Gasteiger partial charge in [-0.15, -0.1) is 0 Å². The third-order valence-electron chi connectivity index (χ3n) is 6.09. The number of likely N-dealkylation sites (tertiary alicyclic amines) is 1. The zero-order valence-corrected chi connectivity index (χ0v) is 19.4. The summed E-state index contributed by atoms with van der Waals surface area (Å²) in [5.41, 5.74) is 1.94. The van der Waals surface area contributed by atoms with E-state index >= 15 is 0 Å². The van der Waals surface area contributed by atoms with Crippen LogP contribution < -0.4 is 0 Å². The summed E-state index contributed by atoms with van der Waals surface area (Å²) in [7, 11) is 0. The van der Waals surface area contributed by atoms with Crippen LogP contribution in [0.15, 0.2) is 59.1 Å². The Bertz CT molecular complexity index is 789. The summed E-state index contributed by atoms with van der Waals surface area (Å²) in [4.78, 5) is 15.6. The molecule has 0 bridgehead atoms. The predicted molar refractivity (Wildman–Crippen MR) is 125 cm³/mol. The number of benzene rings is 2. The van der Waals surface area contributed by atoms with Crippen LogP contribution in [0.4, 0.5) is 0 Å². The van der Waals surface area contributed by atoms with E-state index in [9.17, 15) is 15.0 Å². The number of carbonyl (C=O) groups excluding carboxylic acids is 1. The molecule has 1 amide bonds. The predicted octanol–water partition coefficient (Wildman–Crippen LogP) is 3.98. The summed E-state index contributed by atoms with van der Waals surface area (Å²) in [6.45, 7) is 1.82. The van der Waals surface area contributed by atoms with Crippen molar-refractivity contribution >= 4 is 21.8 Å². The second-order valence-corrected chi connectivity index (χ2v) is 9.12. The number of hydrogen-bond acceptors (Lipinski definition) is 4. The lowest BCUT2D eigenvalue weighted by molar-refractivity contribution is -0.137. The third-order valence-corrected chi connectivity index (χ3v) is 6.62. The lowest BCUT2D eigenvalue weighted by Gasteiger charge is -2.36. The van der Waals surface area contributed by atoms with Crippen LogP contribution in [0.1, 0.15) is 36.3 Å². The maximum absolute atomic E-state index is 13.7. The quantitative estimate of drug-likeness (QED) is 0.529. The van der Waals surface area contributed by atoms with Gasteiger partial charge in [0.25, 0.3) is 0 Å². The largest absolute Gasteiger partial charge is 0.396 e. The molecule has 1 aliphatic heterocycles. The van der Waals surface area contributed by atoms with Crippen LogP contribution in [0.3, 0.4) is 0 Å². The zero-order chi connectivity index (χ0) is 22.1. The number of ether oxygens (including phenoxy) is 1. The van der Waals surface area contributed by atoms with Crippen molar-refractivity contribution in [2.45, 2.75) is 31.8 Å². The van der Waals surface area contributed by atoms with Gasteiger partial charge in [-0.3, -0.25) is 4.79 Å². The van der Waals surface area contributed by atoms with Crippen LogP contribution in [-0.2, 0) is 16.1 Å². The molecule has 3 rings (SSSR count). The topological polar surface area (TPSA) is 70.0 Å². The van der Waals surface area contributed by atoms with Gasteiger partial charge in [0.2, 0.25) is 5.91 Å². The van der Waals surface area contributed by atoms with Crippen molar-refractivity contribution in [3.8, 4) is 0 Å². The number of piperidine rings is 1. The molecule has 0 saturated carbocycles. The number of hydrogen-bond donors (Lipinski definition) is 2. The molecule has 1 heterocycles. The molecule has 1 aliphatic rings. The Morgan fingerprint density at radius 3 is 2.23 bits per heavy atom. The molecule has 0 spiro atoms. The van der Waals surface area contributed by atoms with Crippen LogP contribution in [0.5, 0.6) is 0 Å².